The van der Waals surface area contributed by atoms with E-state index in [9.17, 15) is 14.3 Å². The monoisotopic (exact) mass is 377 g/mol. The molecule has 2 heterocycles. The molecule has 0 amide bonds. The summed E-state index contributed by atoms with van der Waals surface area (Å²) >= 11 is 0. The van der Waals surface area contributed by atoms with Gasteiger partial charge in [0, 0.05) is 35.0 Å². The van der Waals surface area contributed by atoms with Gasteiger partial charge in [-0.1, -0.05) is 12.1 Å². The molecule has 0 unspecified atom stereocenters. The SMILES string of the molecule is NC1(Cc2[nH]c3c(c2C(=O)O)CCc2cnc(-c4cccc(F)c4)cc2-3)CC1. The number of H-pyrrole nitrogens is 1. The Kier molecular flexibility index (Phi) is 3.67. The summed E-state index contributed by atoms with van der Waals surface area (Å²) in [7, 11) is 0. The van der Waals surface area contributed by atoms with Crippen LogP contribution in [0.2, 0.25) is 0 Å². The van der Waals surface area contributed by atoms with Crippen molar-refractivity contribution in [2.45, 2.75) is 37.6 Å². The summed E-state index contributed by atoms with van der Waals surface area (Å²) in [6.45, 7) is 0. The summed E-state index contributed by atoms with van der Waals surface area (Å²) in [4.78, 5) is 19.8. The molecular formula is C22H20FN3O2. The maximum atomic E-state index is 13.6. The number of nitrogens with zero attached hydrogens (tertiary/aromatic N) is 1. The number of aromatic amines is 1. The quantitative estimate of drug-likeness (QED) is 0.646. The molecular weight excluding hydrogens is 357 g/mol. The normalized spacial score (nSPS) is 16.4. The number of hydrogen-bond acceptors (Lipinski definition) is 3. The van der Waals surface area contributed by atoms with Crippen LogP contribution in [0.4, 0.5) is 4.39 Å². The maximum Gasteiger partial charge on any atom is 0.337 e. The van der Waals surface area contributed by atoms with Gasteiger partial charge in [0.25, 0.3) is 0 Å². The Labute approximate surface area is 161 Å². The maximum absolute atomic E-state index is 13.6. The molecule has 3 aromatic rings. The van der Waals surface area contributed by atoms with Gasteiger partial charge in [0.05, 0.1) is 17.0 Å². The first-order valence-corrected chi connectivity index (χ1v) is 9.45. The number of benzene rings is 1. The predicted octanol–water partition coefficient (Wildman–Crippen LogP) is 3.71. The molecule has 0 bridgehead atoms. The van der Waals surface area contributed by atoms with E-state index in [0.717, 1.165) is 41.6 Å². The molecule has 28 heavy (non-hydrogen) atoms. The Morgan fingerprint density at radius 2 is 2.11 bits per heavy atom. The Balaban J connectivity index is 1.64. The molecule has 0 saturated heterocycles. The van der Waals surface area contributed by atoms with Crippen LogP contribution in [0.15, 0.2) is 36.5 Å². The number of carbonyl (C=O) groups is 1. The van der Waals surface area contributed by atoms with Crippen molar-refractivity contribution in [3.05, 3.63) is 64.7 Å². The van der Waals surface area contributed by atoms with Gasteiger partial charge in [-0.15, -0.1) is 0 Å². The number of halogens is 1. The second kappa shape index (κ2) is 6.01. The number of aromatic nitrogens is 2. The molecule has 5 nitrogen and oxygen atoms in total. The Bertz CT molecular complexity index is 1110. The molecule has 4 N–H and O–H groups in total. The van der Waals surface area contributed by atoms with Crippen LogP contribution in [0, 0.1) is 5.82 Å². The van der Waals surface area contributed by atoms with Crippen LogP contribution in [0.25, 0.3) is 22.5 Å². The Morgan fingerprint density at radius 3 is 2.82 bits per heavy atom. The molecule has 1 fully saturated rings. The molecule has 6 heteroatoms. The van der Waals surface area contributed by atoms with Gasteiger partial charge in [0.1, 0.15) is 5.82 Å². The van der Waals surface area contributed by atoms with Gasteiger partial charge in [-0.3, -0.25) is 4.98 Å². The number of aromatic carboxylic acids is 1. The minimum atomic E-state index is -0.917. The zero-order chi connectivity index (χ0) is 19.5. The lowest BCUT2D eigenvalue weighted by Gasteiger charge is -2.17. The molecule has 0 aliphatic heterocycles. The standard InChI is InChI=1S/C22H20FN3O2/c23-14-3-1-2-12(8-14)17-9-16-13(11-25-17)4-5-15-19(21(27)28)18(26-20(15)16)10-22(24)6-7-22/h1-3,8-9,11,26H,4-7,10,24H2,(H,27,28). The Morgan fingerprint density at radius 1 is 1.29 bits per heavy atom. The summed E-state index contributed by atoms with van der Waals surface area (Å²) in [6, 6.07) is 8.24. The average molecular weight is 377 g/mol. The second-order valence-electron chi connectivity index (χ2n) is 7.91. The van der Waals surface area contributed by atoms with E-state index in [1.807, 2.05) is 18.3 Å². The zero-order valence-electron chi connectivity index (χ0n) is 15.3. The number of pyridine rings is 1. The largest absolute Gasteiger partial charge is 0.478 e. The second-order valence-corrected chi connectivity index (χ2v) is 7.91. The van der Waals surface area contributed by atoms with Crippen LogP contribution in [0.1, 0.15) is 40.0 Å². The predicted molar refractivity (Wildman–Crippen MR) is 104 cm³/mol. The van der Waals surface area contributed by atoms with E-state index in [0.29, 0.717) is 35.4 Å². The fourth-order valence-corrected chi connectivity index (χ4v) is 4.14. The highest BCUT2D eigenvalue weighted by Crippen LogP contribution is 2.41. The molecule has 2 aliphatic carbocycles. The Hall–Kier alpha value is -2.99. The van der Waals surface area contributed by atoms with Crippen molar-refractivity contribution in [2.75, 3.05) is 0 Å². The van der Waals surface area contributed by atoms with E-state index in [2.05, 4.69) is 9.97 Å². The van der Waals surface area contributed by atoms with E-state index in [4.69, 9.17) is 5.73 Å². The molecule has 0 atom stereocenters. The number of fused-ring (bicyclic) bond motifs is 3. The lowest BCUT2D eigenvalue weighted by Crippen LogP contribution is -2.25. The van der Waals surface area contributed by atoms with Gasteiger partial charge < -0.3 is 15.8 Å². The van der Waals surface area contributed by atoms with E-state index in [-0.39, 0.29) is 11.4 Å². The van der Waals surface area contributed by atoms with E-state index in [1.54, 1.807) is 6.07 Å². The van der Waals surface area contributed by atoms with Crippen LogP contribution < -0.4 is 5.73 Å². The number of nitrogens with one attached hydrogen (secondary N) is 1. The summed E-state index contributed by atoms with van der Waals surface area (Å²) < 4.78 is 13.6. The zero-order valence-corrected chi connectivity index (χ0v) is 15.3. The molecule has 2 aromatic heterocycles. The van der Waals surface area contributed by atoms with Gasteiger partial charge in [0.2, 0.25) is 0 Å². The number of nitrogens with two attached hydrogens (primary N) is 1. The third-order valence-electron chi connectivity index (χ3n) is 5.84. The third kappa shape index (κ3) is 2.81. The van der Waals surface area contributed by atoms with E-state index < -0.39 is 5.97 Å². The summed E-state index contributed by atoms with van der Waals surface area (Å²) in [5, 5.41) is 9.82. The van der Waals surface area contributed by atoms with Crippen LogP contribution in [-0.4, -0.2) is 26.6 Å². The molecule has 142 valence electrons. The summed E-state index contributed by atoms with van der Waals surface area (Å²) in [5.74, 6) is -1.23. The van der Waals surface area contributed by atoms with Gasteiger partial charge in [-0.05, 0) is 55.0 Å². The first-order chi connectivity index (χ1) is 13.4. The fraction of sp³-hybridized carbons (Fsp3) is 0.273. The van der Waals surface area contributed by atoms with Gasteiger partial charge >= 0.3 is 5.97 Å². The van der Waals surface area contributed by atoms with Gasteiger partial charge in [-0.2, -0.15) is 0 Å². The van der Waals surface area contributed by atoms with E-state index >= 15 is 0 Å². The number of carboxylic acid groups (broad SMARTS) is 1. The van der Waals surface area contributed by atoms with Crippen molar-refractivity contribution in [2.24, 2.45) is 5.73 Å². The van der Waals surface area contributed by atoms with Crippen LogP contribution in [0.5, 0.6) is 0 Å². The molecule has 0 spiro atoms. The van der Waals surface area contributed by atoms with Crippen molar-refractivity contribution in [3.8, 4) is 22.5 Å². The highest BCUT2D eigenvalue weighted by atomic mass is 19.1. The van der Waals surface area contributed by atoms with Crippen molar-refractivity contribution >= 4 is 5.97 Å². The van der Waals surface area contributed by atoms with Gasteiger partial charge in [-0.25, -0.2) is 9.18 Å². The molecule has 5 rings (SSSR count). The molecule has 1 aromatic carbocycles. The molecule has 0 radical (unpaired) electrons. The summed E-state index contributed by atoms with van der Waals surface area (Å²) in [6.07, 6.45) is 5.56. The molecule has 2 aliphatic rings. The van der Waals surface area contributed by atoms with Gasteiger partial charge in [0.15, 0.2) is 0 Å². The smallest absolute Gasteiger partial charge is 0.337 e. The minimum Gasteiger partial charge on any atom is -0.478 e. The third-order valence-corrected chi connectivity index (χ3v) is 5.84. The van der Waals surface area contributed by atoms with E-state index in [1.165, 1.54) is 12.1 Å². The number of carboxylic acids is 1. The average Bonchev–Trinajstić information content (AvgIpc) is 3.27. The first-order valence-electron chi connectivity index (χ1n) is 9.45. The lowest BCUT2D eigenvalue weighted by molar-refractivity contribution is 0.0694. The van der Waals surface area contributed by atoms with Crippen molar-refractivity contribution in [1.29, 1.82) is 0 Å². The molecule has 1 saturated carbocycles. The number of rotatable bonds is 4. The minimum absolute atomic E-state index is 0.286. The fourth-order valence-electron chi connectivity index (χ4n) is 4.14. The summed E-state index contributed by atoms with van der Waals surface area (Å²) in [5.41, 5.74) is 12.1. The highest BCUT2D eigenvalue weighted by Gasteiger charge is 2.40. The van der Waals surface area contributed by atoms with Crippen LogP contribution in [-0.2, 0) is 19.3 Å². The van der Waals surface area contributed by atoms with Crippen LogP contribution >= 0.6 is 0 Å². The van der Waals surface area contributed by atoms with Crippen molar-refractivity contribution < 1.29 is 14.3 Å². The lowest BCUT2D eigenvalue weighted by atomic mass is 9.88. The topological polar surface area (TPSA) is 92.0 Å². The number of aryl methyl sites for hydroxylation is 1. The van der Waals surface area contributed by atoms with Crippen molar-refractivity contribution in [1.82, 2.24) is 9.97 Å². The highest BCUT2D eigenvalue weighted by molar-refractivity contribution is 5.95. The first kappa shape index (κ1) is 17.1. The van der Waals surface area contributed by atoms with Crippen molar-refractivity contribution in [3.63, 3.8) is 0 Å². The number of hydrogen-bond donors (Lipinski definition) is 3. The van der Waals surface area contributed by atoms with Crippen LogP contribution in [0.3, 0.4) is 0 Å².